The first-order chi connectivity index (χ1) is 10.7. The van der Waals surface area contributed by atoms with Crippen molar-refractivity contribution in [3.05, 3.63) is 29.9 Å². The van der Waals surface area contributed by atoms with E-state index in [2.05, 4.69) is 20.0 Å². The van der Waals surface area contributed by atoms with E-state index in [0.29, 0.717) is 37.9 Å². The second kappa shape index (κ2) is 6.00. The third-order valence-electron chi connectivity index (χ3n) is 3.55. The van der Waals surface area contributed by atoms with E-state index in [1.54, 1.807) is 24.1 Å². The van der Waals surface area contributed by atoms with Crippen LogP contribution in [0.2, 0.25) is 0 Å². The van der Waals surface area contributed by atoms with E-state index in [4.69, 9.17) is 9.26 Å². The summed E-state index contributed by atoms with van der Waals surface area (Å²) >= 11 is 0. The van der Waals surface area contributed by atoms with Crippen LogP contribution in [0.3, 0.4) is 0 Å². The highest BCUT2D eigenvalue weighted by Gasteiger charge is 2.25. The second-order valence-corrected chi connectivity index (χ2v) is 4.97. The van der Waals surface area contributed by atoms with Gasteiger partial charge in [0, 0.05) is 38.3 Å². The first kappa shape index (κ1) is 14.3. The lowest BCUT2D eigenvalue weighted by atomic mass is 10.3. The standard InChI is InChI=1S/C14H17N5O3/c1-10-16-12(9-13(17-10)21-2)18-5-7-19(8-6-18)14(20)11-3-4-15-22-11/h3-4,9H,5-8H2,1-2H3. The Bertz CT molecular complexity index is 651. The molecule has 0 N–H and O–H groups in total. The van der Waals surface area contributed by atoms with Gasteiger partial charge in [-0.15, -0.1) is 0 Å². The molecule has 1 fully saturated rings. The summed E-state index contributed by atoms with van der Waals surface area (Å²) in [6.45, 7) is 4.42. The van der Waals surface area contributed by atoms with Gasteiger partial charge in [-0.3, -0.25) is 4.79 Å². The summed E-state index contributed by atoms with van der Waals surface area (Å²) in [5.74, 6) is 2.16. The molecule has 8 heteroatoms. The molecule has 1 aliphatic rings. The Morgan fingerprint density at radius 2 is 2.05 bits per heavy atom. The van der Waals surface area contributed by atoms with Crippen molar-refractivity contribution in [1.29, 1.82) is 0 Å². The summed E-state index contributed by atoms with van der Waals surface area (Å²) in [6, 6.07) is 3.38. The molecular formula is C14H17N5O3. The van der Waals surface area contributed by atoms with E-state index in [0.717, 1.165) is 5.82 Å². The highest BCUT2D eigenvalue weighted by molar-refractivity contribution is 5.91. The number of carbonyl (C=O) groups is 1. The molecule has 2 aromatic rings. The number of aryl methyl sites for hydroxylation is 1. The van der Waals surface area contributed by atoms with Crippen LogP contribution in [0.4, 0.5) is 5.82 Å². The van der Waals surface area contributed by atoms with E-state index in [1.807, 2.05) is 6.92 Å². The number of anilines is 1. The molecule has 22 heavy (non-hydrogen) atoms. The maximum Gasteiger partial charge on any atom is 0.292 e. The van der Waals surface area contributed by atoms with Crippen LogP contribution in [-0.4, -0.2) is 59.2 Å². The number of rotatable bonds is 3. The molecule has 8 nitrogen and oxygen atoms in total. The molecule has 0 bridgehead atoms. The van der Waals surface area contributed by atoms with Gasteiger partial charge in [-0.1, -0.05) is 5.16 Å². The fourth-order valence-electron chi connectivity index (χ4n) is 2.41. The van der Waals surface area contributed by atoms with Crippen LogP contribution in [0.15, 0.2) is 22.9 Å². The Balaban J connectivity index is 1.67. The number of nitrogens with zero attached hydrogens (tertiary/aromatic N) is 5. The zero-order valence-electron chi connectivity index (χ0n) is 12.5. The van der Waals surface area contributed by atoms with Gasteiger partial charge in [0.25, 0.3) is 5.91 Å². The summed E-state index contributed by atoms with van der Waals surface area (Å²) < 4.78 is 10.1. The first-order valence-electron chi connectivity index (χ1n) is 7.02. The zero-order valence-corrected chi connectivity index (χ0v) is 12.5. The molecule has 1 saturated heterocycles. The third kappa shape index (κ3) is 2.85. The number of carbonyl (C=O) groups excluding carboxylic acids is 1. The van der Waals surface area contributed by atoms with Gasteiger partial charge >= 0.3 is 0 Å². The normalized spacial score (nSPS) is 15.0. The lowest BCUT2D eigenvalue weighted by Crippen LogP contribution is -2.49. The van der Waals surface area contributed by atoms with Crippen molar-refractivity contribution < 1.29 is 14.1 Å². The molecule has 2 aromatic heterocycles. The topological polar surface area (TPSA) is 84.6 Å². The van der Waals surface area contributed by atoms with Gasteiger partial charge in [-0.05, 0) is 6.92 Å². The Morgan fingerprint density at radius 1 is 1.27 bits per heavy atom. The van der Waals surface area contributed by atoms with Crippen molar-refractivity contribution in [3.8, 4) is 5.88 Å². The van der Waals surface area contributed by atoms with Crippen LogP contribution in [0.5, 0.6) is 5.88 Å². The van der Waals surface area contributed by atoms with E-state index in [1.165, 1.54) is 6.20 Å². The molecule has 0 aliphatic carbocycles. The monoisotopic (exact) mass is 303 g/mol. The van der Waals surface area contributed by atoms with Crippen molar-refractivity contribution in [1.82, 2.24) is 20.0 Å². The van der Waals surface area contributed by atoms with Gasteiger partial charge in [-0.2, -0.15) is 4.98 Å². The largest absolute Gasteiger partial charge is 0.481 e. The average Bonchev–Trinajstić information content (AvgIpc) is 3.08. The van der Waals surface area contributed by atoms with E-state index >= 15 is 0 Å². The van der Waals surface area contributed by atoms with Crippen LogP contribution < -0.4 is 9.64 Å². The molecule has 3 heterocycles. The predicted molar refractivity (Wildman–Crippen MR) is 77.9 cm³/mol. The van der Waals surface area contributed by atoms with Crippen LogP contribution in [0.1, 0.15) is 16.4 Å². The SMILES string of the molecule is COc1cc(N2CCN(C(=O)c3ccno3)CC2)nc(C)n1. The second-order valence-electron chi connectivity index (χ2n) is 4.97. The van der Waals surface area contributed by atoms with Crippen molar-refractivity contribution in [2.45, 2.75) is 6.92 Å². The molecule has 0 atom stereocenters. The van der Waals surface area contributed by atoms with E-state index < -0.39 is 0 Å². The summed E-state index contributed by atoms with van der Waals surface area (Å²) in [5.41, 5.74) is 0. The number of ether oxygens (including phenoxy) is 1. The van der Waals surface area contributed by atoms with Crippen molar-refractivity contribution >= 4 is 11.7 Å². The molecule has 0 spiro atoms. The lowest BCUT2D eigenvalue weighted by molar-refractivity contribution is 0.0704. The van der Waals surface area contributed by atoms with Crippen LogP contribution in [0.25, 0.3) is 0 Å². The van der Waals surface area contributed by atoms with Crippen LogP contribution >= 0.6 is 0 Å². The summed E-state index contributed by atoms with van der Waals surface area (Å²) in [5, 5.41) is 3.57. The van der Waals surface area contributed by atoms with E-state index in [9.17, 15) is 4.79 Å². The van der Waals surface area contributed by atoms with Gasteiger partial charge < -0.3 is 19.1 Å². The number of hydrogen-bond donors (Lipinski definition) is 0. The smallest absolute Gasteiger partial charge is 0.292 e. The highest BCUT2D eigenvalue weighted by atomic mass is 16.5. The van der Waals surface area contributed by atoms with Crippen molar-refractivity contribution in [2.75, 3.05) is 38.2 Å². The summed E-state index contributed by atoms with van der Waals surface area (Å²) in [4.78, 5) is 24.7. The van der Waals surface area contributed by atoms with Crippen LogP contribution in [-0.2, 0) is 0 Å². The quantitative estimate of drug-likeness (QED) is 0.827. The Morgan fingerprint density at radius 3 is 2.68 bits per heavy atom. The number of aromatic nitrogens is 3. The number of amides is 1. The minimum atomic E-state index is -0.131. The Hall–Kier alpha value is -2.64. The van der Waals surface area contributed by atoms with Gasteiger partial charge in [0.1, 0.15) is 11.6 Å². The molecule has 0 radical (unpaired) electrons. The van der Waals surface area contributed by atoms with Gasteiger partial charge in [0.05, 0.1) is 13.3 Å². The maximum absolute atomic E-state index is 12.2. The molecule has 116 valence electrons. The van der Waals surface area contributed by atoms with Crippen LogP contribution in [0, 0.1) is 6.92 Å². The Labute approximate surface area is 127 Å². The van der Waals surface area contributed by atoms with Crippen molar-refractivity contribution in [2.24, 2.45) is 0 Å². The minimum absolute atomic E-state index is 0.131. The van der Waals surface area contributed by atoms with Gasteiger partial charge in [0.2, 0.25) is 11.6 Å². The molecule has 0 unspecified atom stereocenters. The van der Waals surface area contributed by atoms with Gasteiger partial charge in [0.15, 0.2) is 0 Å². The van der Waals surface area contributed by atoms with E-state index in [-0.39, 0.29) is 11.7 Å². The fourth-order valence-corrected chi connectivity index (χ4v) is 2.41. The fraction of sp³-hybridized carbons (Fsp3) is 0.429. The first-order valence-corrected chi connectivity index (χ1v) is 7.02. The molecule has 0 saturated carbocycles. The average molecular weight is 303 g/mol. The molecule has 1 amide bonds. The number of piperazine rings is 1. The van der Waals surface area contributed by atoms with Crippen molar-refractivity contribution in [3.63, 3.8) is 0 Å². The Kier molecular flexibility index (Phi) is 3.90. The zero-order chi connectivity index (χ0) is 15.5. The lowest BCUT2D eigenvalue weighted by Gasteiger charge is -2.35. The molecule has 0 aromatic carbocycles. The third-order valence-corrected chi connectivity index (χ3v) is 3.55. The molecule has 3 rings (SSSR count). The molecule has 1 aliphatic heterocycles. The van der Waals surface area contributed by atoms with Gasteiger partial charge in [-0.25, -0.2) is 4.98 Å². The minimum Gasteiger partial charge on any atom is -0.481 e. The predicted octanol–water partition coefficient (Wildman–Crippen LogP) is 0.744. The number of methoxy groups -OCH3 is 1. The number of hydrogen-bond acceptors (Lipinski definition) is 7. The maximum atomic E-state index is 12.2. The molecular weight excluding hydrogens is 286 g/mol. The summed E-state index contributed by atoms with van der Waals surface area (Å²) in [6.07, 6.45) is 1.47. The highest BCUT2D eigenvalue weighted by Crippen LogP contribution is 2.19. The summed E-state index contributed by atoms with van der Waals surface area (Å²) in [7, 11) is 1.58.